The summed E-state index contributed by atoms with van der Waals surface area (Å²) in [6, 6.07) is 7.91. The molecular weight excluding hydrogens is 260 g/mol. The first-order valence-electron chi connectivity index (χ1n) is 5.97. The average Bonchev–Trinajstić information content (AvgIpc) is 2.84. The lowest BCUT2D eigenvalue weighted by Gasteiger charge is -2.18. The molecule has 2 aromatic rings. The van der Waals surface area contributed by atoms with Crippen LogP contribution in [-0.2, 0) is 11.2 Å². The summed E-state index contributed by atoms with van der Waals surface area (Å²) in [5.74, 6) is 0.114. The van der Waals surface area contributed by atoms with E-state index in [1.54, 1.807) is 26.2 Å². The van der Waals surface area contributed by atoms with Crippen molar-refractivity contribution < 1.29 is 9.90 Å². The average molecular weight is 276 g/mol. The normalized spacial score (nSPS) is 11.5. The van der Waals surface area contributed by atoms with Crippen molar-refractivity contribution in [3.63, 3.8) is 0 Å². The van der Waals surface area contributed by atoms with Gasteiger partial charge in [-0.3, -0.25) is 4.79 Å². The number of rotatable bonds is 5. The van der Waals surface area contributed by atoms with E-state index in [2.05, 4.69) is 9.97 Å². The first kappa shape index (κ1) is 13.7. The zero-order valence-electron chi connectivity index (χ0n) is 10.9. The Hall–Kier alpha value is -1.75. The van der Waals surface area contributed by atoms with Crippen LogP contribution in [0.1, 0.15) is 25.2 Å². The number of H-pyrrole nitrogens is 1. The number of carbonyl (C=O) groups is 1. The Morgan fingerprint density at radius 3 is 2.58 bits per heavy atom. The third kappa shape index (κ3) is 3.61. The van der Waals surface area contributed by atoms with Crippen LogP contribution in [0.5, 0.6) is 0 Å². The van der Waals surface area contributed by atoms with E-state index in [1.165, 1.54) is 11.8 Å². The van der Waals surface area contributed by atoms with Crippen LogP contribution in [-0.4, -0.2) is 25.8 Å². The molecule has 0 aliphatic heterocycles. The number of carboxylic acids is 1. The largest absolute Gasteiger partial charge is 0.480 e. The van der Waals surface area contributed by atoms with Crippen LogP contribution in [0.2, 0.25) is 0 Å². The van der Waals surface area contributed by atoms with Crippen molar-refractivity contribution in [2.75, 3.05) is 0 Å². The molecule has 2 N–H and O–H groups in total. The van der Waals surface area contributed by atoms with Crippen molar-refractivity contribution in [3.05, 3.63) is 48.0 Å². The zero-order chi connectivity index (χ0) is 13.9. The maximum atomic E-state index is 11.1. The third-order valence-corrected chi connectivity index (χ3v) is 3.93. The maximum absolute atomic E-state index is 11.1. The molecule has 0 amide bonds. The predicted octanol–water partition coefficient (Wildman–Crippen LogP) is 2.96. The molecule has 0 saturated carbocycles. The number of aliphatic carboxylic acids is 1. The van der Waals surface area contributed by atoms with Crippen molar-refractivity contribution in [2.24, 2.45) is 0 Å². The minimum absolute atomic E-state index is 0.750. The molecule has 1 heterocycles. The van der Waals surface area contributed by atoms with Crippen molar-refractivity contribution >= 4 is 17.7 Å². The summed E-state index contributed by atoms with van der Waals surface area (Å²) < 4.78 is -0.817. The molecular formula is C14H16N2O2S. The zero-order valence-corrected chi connectivity index (χ0v) is 11.7. The molecule has 2 rings (SSSR count). The van der Waals surface area contributed by atoms with Crippen LogP contribution in [0.25, 0.3) is 0 Å². The first-order chi connectivity index (χ1) is 8.97. The second-order valence-corrected chi connectivity index (χ2v) is 6.47. The van der Waals surface area contributed by atoms with Gasteiger partial charge in [-0.2, -0.15) is 0 Å². The predicted molar refractivity (Wildman–Crippen MR) is 75.4 cm³/mol. The summed E-state index contributed by atoms with van der Waals surface area (Å²) in [7, 11) is 0. The first-order valence-corrected chi connectivity index (χ1v) is 6.78. The summed E-state index contributed by atoms with van der Waals surface area (Å²) in [5, 5.41) is 9.10. The van der Waals surface area contributed by atoms with Gasteiger partial charge in [0.25, 0.3) is 0 Å². The van der Waals surface area contributed by atoms with Crippen molar-refractivity contribution in [1.29, 1.82) is 0 Å². The van der Waals surface area contributed by atoms with Crippen LogP contribution in [0.3, 0.4) is 0 Å². The van der Waals surface area contributed by atoms with E-state index in [1.807, 2.05) is 24.3 Å². The van der Waals surface area contributed by atoms with Gasteiger partial charge in [-0.25, -0.2) is 4.98 Å². The molecule has 4 nitrogen and oxygen atoms in total. The number of thioether (sulfide) groups is 1. The van der Waals surface area contributed by atoms with E-state index in [0.717, 1.165) is 22.7 Å². The Kier molecular flexibility index (Phi) is 3.95. The molecule has 0 aliphatic rings. The number of hydrogen-bond donors (Lipinski definition) is 2. The molecule has 0 unspecified atom stereocenters. The Labute approximate surface area is 116 Å². The summed E-state index contributed by atoms with van der Waals surface area (Å²) in [4.78, 5) is 19.3. The Morgan fingerprint density at radius 2 is 2.05 bits per heavy atom. The number of nitrogens with one attached hydrogen (secondary N) is 1. The van der Waals surface area contributed by atoms with E-state index < -0.39 is 10.7 Å². The fraction of sp³-hybridized carbons (Fsp3) is 0.286. The lowest BCUT2D eigenvalue weighted by atomic mass is 10.1. The van der Waals surface area contributed by atoms with Crippen molar-refractivity contribution in [2.45, 2.75) is 29.9 Å². The Bertz CT molecular complexity index is 547. The van der Waals surface area contributed by atoms with Crippen molar-refractivity contribution in [3.8, 4) is 0 Å². The fourth-order valence-corrected chi connectivity index (χ4v) is 2.55. The van der Waals surface area contributed by atoms with E-state index in [9.17, 15) is 4.79 Å². The summed E-state index contributed by atoms with van der Waals surface area (Å²) in [5.41, 5.74) is 1.15. The van der Waals surface area contributed by atoms with Gasteiger partial charge in [0, 0.05) is 23.7 Å². The van der Waals surface area contributed by atoms with Crippen LogP contribution in [0, 0.1) is 0 Å². The number of aromatic nitrogens is 2. The topological polar surface area (TPSA) is 66.0 Å². The van der Waals surface area contributed by atoms with Gasteiger partial charge < -0.3 is 10.1 Å². The van der Waals surface area contributed by atoms with Crippen molar-refractivity contribution in [1.82, 2.24) is 9.97 Å². The van der Waals surface area contributed by atoms with Gasteiger partial charge in [0.1, 0.15) is 10.6 Å². The number of aromatic amines is 1. The monoisotopic (exact) mass is 276 g/mol. The standard InChI is InChI=1S/C14H16N2O2S/c1-14(2,13(17)18)19-11-5-3-10(4-6-11)9-12-15-7-8-16-12/h3-8H,9H2,1-2H3,(H,15,16)(H,17,18). The Morgan fingerprint density at radius 1 is 1.37 bits per heavy atom. The van der Waals surface area contributed by atoms with Crippen LogP contribution >= 0.6 is 11.8 Å². The summed E-state index contributed by atoms with van der Waals surface area (Å²) in [6.45, 7) is 3.41. The van der Waals surface area contributed by atoms with E-state index >= 15 is 0 Å². The minimum atomic E-state index is -0.817. The SMILES string of the molecule is CC(C)(Sc1ccc(Cc2ncc[nH]2)cc1)C(=O)O. The Balaban J connectivity index is 2.04. The molecule has 1 aromatic carbocycles. The summed E-state index contributed by atoms with van der Waals surface area (Å²) in [6.07, 6.45) is 4.28. The molecule has 19 heavy (non-hydrogen) atoms. The van der Waals surface area contributed by atoms with Gasteiger partial charge >= 0.3 is 5.97 Å². The molecule has 0 fully saturated rings. The molecule has 0 atom stereocenters. The highest BCUT2D eigenvalue weighted by atomic mass is 32.2. The fourth-order valence-electron chi connectivity index (χ4n) is 1.60. The highest BCUT2D eigenvalue weighted by Crippen LogP contribution is 2.32. The van der Waals surface area contributed by atoms with Gasteiger partial charge in [0.15, 0.2) is 0 Å². The third-order valence-electron chi connectivity index (χ3n) is 2.74. The lowest BCUT2D eigenvalue weighted by Crippen LogP contribution is -2.26. The second kappa shape index (κ2) is 5.48. The van der Waals surface area contributed by atoms with Gasteiger partial charge in [-0.1, -0.05) is 12.1 Å². The second-order valence-electron chi connectivity index (χ2n) is 4.77. The van der Waals surface area contributed by atoms with Crippen LogP contribution in [0.15, 0.2) is 41.6 Å². The smallest absolute Gasteiger partial charge is 0.319 e. The highest BCUT2D eigenvalue weighted by Gasteiger charge is 2.28. The molecule has 100 valence electrons. The molecule has 0 bridgehead atoms. The number of nitrogens with zero attached hydrogens (tertiary/aromatic N) is 1. The molecule has 0 spiro atoms. The van der Waals surface area contributed by atoms with E-state index in [-0.39, 0.29) is 0 Å². The number of benzene rings is 1. The number of imidazole rings is 1. The number of carboxylic acid groups (broad SMARTS) is 1. The quantitative estimate of drug-likeness (QED) is 0.824. The molecule has 1 aromatic heterocycles. The molecule has 5 heteroatoms. The minimum Gasteiger partial charge on any atom is -0.480 e. The number of hydrogen-bond acceptors (Lipinski definition) is 3. The lowest BCUT2D eigenvalue weighted by molar-refractivity contribution is -0.138. The van der Waals surface area contributed by atoms with Crippen LogP contribution < -0.4 is 0 Å². The summed E-state index contributed by atoms with van der Waals surface area (Å²) >= 11 is 1.35. The maximum Gasteiger partial charge on any atom is 0.319 e. The van der Waals surface area contributed by atoms with Crippen LogP contribution in [0.4, 0.5) is 0 Å². The van der Waals surface area contributed by atoms with E-state index in [0.29, 0.717) is 0 Å². The highest BCUT2D eigenvalue weighted by molar-refractivity contribution is 8.01. The van der Waals surface area contributed by atoms with Gasteiger partial charge in [0.05, 0.1) is 0 Å². The van der Waals surface area contributed by atoms with E-state index in [4.69, 9.17) is 5.11 Å². The molecule has 0 aliphatic carbocycles. The molecule has 0 saturated heterocycles. The van der Waals surface area contributed by atoms with Gasteiger partial charge in [-0.15, -0.1) is 11.8 Å². The van der Waals surface area contributed by atoms with Gasteiger partial charge in [-0.05, 0) is 31.5 Å². The van der Waals surface area contributed by atoms with Gasteiger partial charge in [0.2, 0.25) is 0 Å². The molecule has 0 radical (unpaired) electrons.